The molecule has 0 aliphatic carbocycles. The van der Waals surface area contributed by atoms with E-state index in [0.717, 1.165) is 12.0 Å². The normalized spacial score (nSPS) is 12.5. The molecule has 0 aromatic heterocycles. The zero-order valence-corrected chi connectivity index (χ0v) is 13.7. The van der Waals surface area contributed by atoms with Crippen LogP contribution < -0.4 is 5.32 Å². The number of hydrogen-bond acceptors (Lipinski definition) is 1. The average molecular weight is 306 g/mol. The number of likely N-dealkylation sites (N-methyl/N-ethyl adjacent to an activating group) is 1. The summed E-state index contributed by atoms with van der Waals surface area (Å²) in [7, 11) is 1.94. The average Bonchev–Trinajstić information content (AvgIpc) is 2.40. The highest BCUT2D eigenvalue weighted by molar-refractivity contribution is 6.30. The zero-order chi connectivity index (χ0) is 15.6. The van der Waals surface area contributed by atoms with Crippen molar-refractivity contribution in [1.29, 1.82) is 0 Å². The van der Waals surface area contributed by atoms with Crippen molar-refractivity contribution in [3.63, 3.8) is 0 Å². The van der Waals surface area contributed by atoms with Crippen LogP contribution in [0.5, 0.6) is 0 Å². The molecule has 3 heteroatoms. The van der Waals surface area contributed by atoms with Gasteiger partial charge in [0, 0.05) is 6.04 Å². The van der Waals surface area contributed by atoms with Crippen molar-refractivity contribution in [3.8, 4) is 0 Å². The Kier molecular flexibility index (Phi) is 5.02. The van der Waals surface area contributed by atoms with Gasteiger partial charge in [0.2, 0.25) is 0 Å². The Morgan fingerprint density at radius 3 is 2.24 bits per heavy atom. The van der Waals surface area contributed by atoms with Crippen molar-refractivity contribution in [1.82, 2.24) is 5.32 Å². The van der Waals surface area contributed by atoms with Crippen LogP contribution in [0, 0.1) is 26.6 Å². The quantitative estimate of drug-likeness (QED) is 0.846. The number of nitrogens with one attached hydrogen (secondary N) is 1. The standard InChI is InChI=1S/C18H21ClFN/c1-11-7-12(2)18(13(3)8-11)17(21-4)10-14-5-6-15(19)16(20)9-14/h5-9,17,21H,10H2,1-4H3. The highest BCUT2D eigenvalue weighted by atomic mass is 35.5. The van der Waals surface area contributed by atoms with Crippen LogP contribution >= 0.6 is 11.6 Å². The van der Waals surface area contributed by atoms with E-state index in [1.165, 1.54) is 28.3 Å². The molecule has 0 bridgehead atoms. The van der Waals surface area contributed by atoms with Crippen LogP contribution in [0.3, 0.4) is 0 Å². The van der Waals surface area contributed by atoms with Gasteiger partial charge in [0.05, 0.1) is 5.02 Å². The molecule has 0 saturated heterocycles. The van der Waals surface area contributed by atoms with Crippen LogP contribution in [0.25, 0.3) is 0 Å². The SMILES string of the molecule is CNC(Cc1ccc(Cl)c(F)c1)c1c(C)cc(C)cc1C. The summed E-state index contributed by atoms with van der Waals surface area (Å²) in [4.78, 5) is 0. The number of rotatable bonds is 4. The molecular formula is C18H21ClFN. The summed E-state index contributed by atoms with van der Waals surface area (Å²) in [5.41, 5.74) is 6.03. The molecule has 2 aromatic rings. The number of hydrogen-bond donors (Lipinski definition) is 1. The summed E-state index contributed by atoms with van der Waals surface area (Å²) in [6.07, 6.45) is 0.731. The third-order valence-corrected chi connectivity index (χ3v) is 4.17. The van der Waals surface area contributed by atoms with Gasteiger partial charge in [0.25, 0.3) is 0 Å². The maximum Gasteiger partial charge on any atom is 0.142 e. The van der Waals surface area contributed by atoms with E-state index in [2.05, 4.69) is 38.2 Å². The van der Waals surface area contributed by atoms with Gasteiger partial charge in [-0.2, -0.15) is 0 Å². The van der Waals surface area contributed by atoms with Crippen molar-refractivity contribution in [3.05, 3.63) is 69.0 Å². The highest BCUT2D eigenvalue weighted by Gasteiger charge is 2.16. The van der Waals surface area contributed by atoms with Crippen LogP contribution in [0.2, 0.25) is 5.02 Å². The second-order valence-electron chi connectivity index (χ2n) is 5.61. The minimum Gasteiger partial charge on any atom is -0.313 e. The highest BCUT2D eigenvalue weighted by Crippen LogP contribution is 2.27. The van der Waals surface area contributed by atoms with Crippen molar-refractivity contribution in [2.24, 2.45) is 0 Å². The molecule has 0 aliphatic heterocycles. The van der Waals surface area contributed by atoms with Crippen LogP contribution in [0.15, 0.2) is 30.3 Å². The lowest BCUT2D eigenvalue weighted by atomic mass is 9.90. The molecule has 0 amide bonds. The molecule has 112 valence electrons. The second-order valence-corrected chi connectivity index (χ2v) is 6.01. The second kappa shape index (κ2) is 6.59. The number of benzene rings is 2. The van der Waals surface area contributed by atoms with Gasteiger partial charge in [-0.3, -0.25) is 0 Å². The van der Waals surface area contributed by atoms with Gasteiger partial charge in [0.15, 0.2) is 0 Å². The van der Waals surface area contributed by atoms with Crippen LogP contribution in [-0.2, 0) is 6.42 Å². The first-order valence-corrected chi connectivity index (χ1v) is 7.49. The van der Waals surface area contributed by atoms with E-state index in [1.54, 1.807) is 6.07 Å². The van der Waals surface area contributed by atoms with E-state index in [9.17, 15) is 4.39 Å². The molecule has 0 aliphatic rings. The van der Waals surface area contributed by atoms with E-state index in [-0.39, 0.29) is 16.9 Å². The van der Waals surface area contributed by atoms with Crippen molar-refractivity contribution >= 4 is 11.6 Å². The van der Waals surface area contributed by atoms with Gasteiger partial charge in [-0.25, -0.2) is 4.39 Å². The molecule has 21 heavy (non-hydrogen) atoms. The predicted molar refractivity (Wildman–Crippen MR) is 87.6 cm³/mol. The van der Waals surface area contributed by atoms with Gasteiger partial charge >= 0.3 is 0 Å². The van der Waals surface area contributed by atoms with Crippen molar-refractivity contribution < 1.29 is 4.39 Å². The topological polar surface area (TPSA) is 12.0 Å². The van der Waals surface area contributed by atoms with Gasteiger partial charge in [-0.15, -0.1) is 0 Å². The molecule has 0 spiro atoms. The monoisotopic (exact) mass is 305 g/mol. The van der Waals surface area contributed by atoms with Crippen LogP contribution in [-0.4, -0.2) is 7.05 Å². The Hall–Kier alpha value is -1.38. The molecule has 1 nitrogen and oxygen atoms in total. The van der Waals surface area contributed by atoms with Gasteiger partial charge in [-0.05, 0) is 68.6 Å². The van der Waals surface area contributed by atoms with Crippen molar-refractivity contribution in [2.45, 2.75) is 33.2 Å². The summed E-state index contributed by atoms with van der Waals surface area (Å²) in [5.74, 6) is -0.360. The summed E-state index contributed by atoms with van der Waals surface area (Å²) in [6, 6.07) is 9.56. The molecule has 1 atom stereocenters. The lowest BCUT2D eigenvalue weighted by Gasteiger charge is -2.22. The first-order valence-electron chi connectivity index (χ1n) is 7.11. The third-order valence-electron chi connectivity index (χ3n) is 3.86. The lowest BCUT2D eigenvalue weighted by molar-refractivity contribution is 0.579. The van der Waals surface area contributed by atoms with Gasteiger partial charge in [0.1, 0.15) is 5.82 Å². The molecule has 0 radical (unpaired) electrons. The minimum atomic E-state index is -0.360. The first kappa shape index (κ1) is 16.0. The Bertz CT molecular complexity index is 629. The molecule has 2 rings (SSSR count). The van der Waals surface area contributed by atoms with Gasteiger partial charge < -0.3 is 5.32 Å². The lowest BCUT2D eigenvalue weighted by Crippen LogP contribution is -2.21. The molecule has 0 fully saturated rings. The van der Waals surface area contributed by atoms with Crippen LogP contribution in [0.4, 0.5) is 4.39 Å². The number of halogens is 2. The predicted octanol–water partition coefficient (Wildman–Crippen LogP) is 4.91. The molecule has 1 N–H and O–H groups in total. The van der Waals surface area contributed by atoms with Crippen molar-refractivity contribution in [2.75, 3.05) is 7.05 Å². The van der Waals surface area contributed by atoms with Crippen LogP contribution in [0.1, 0.15) is 33.9 Å². The fraction of sp³-hybridized carbons (Fsp3) is 0.333. The molecule has 0 saturated carbocycles. The fourth-order valence-corrected chi connectivity index (χ4v) is 3.11. The minimum absolute atomic E-state index is 0.158. The largest absolute Gasteiger partial charge is 0.313 e. The number of aryl methyl sites for hydroxylation is 3. The van der Waals surface area contributed by atoms with E-state index in [0.29, 0.717) is 0 Å². The fourth-order valence-electron chi connectivity index (χ4n) is 2.99. The zero-order valence-electron chi connectivity index (χ0n) is 12.9. The summed E-state index contributed by atoms with van der Waals surface area (Å²) in [5, 5.41) is 3.52. The molecule has 0 heterocycles. The van der Waals surface area contributed by atoms with E-state index in [4.69, 9.17) is 11.6 Å². The molecule has 1 unspecified atom stereocenters. The Balaban J connectivity index is 2.34. The maximum atomic E-state index is 13.6. The van der Waals surface area contributed by atoms with E-state index in [1.807, 2.05) is 13.1 Å². The Morgan fingerprint density at radius 1 is 1.10 bits per heavy atom. The summed E-state index contributed by atoms with van der Waals surface area (Å²) < 4.78 is 13.6. The summed E-state index contributed by atoms with van der Waals surface area (Å²) >= 11 is 5.75. The third kappa shape index (κ3) is 3.63. The van der Waals surface area contributed by atoms with Gasteiger partial charge in [-0.1, -0.05) is 35.4 Å². The first-order chi connectivity index (χ1) is 9.92. The van der Waals surface area contributed by atoms with E-state index < -0.39 is 0 Å². The van der Waals surface area contributed by atoms with E-state index >= 15 is 0 Å². The Morgan fingerprint density at radius 2 is 1.71 bits per heavy atom. The maximum absolute atomic E-state index is 13.6. The summed E-state index contributed by atoms with van der Waals surface area (Å²) in [6.45, 7) is 6.36. The Labute approximate surface area is 131 Å². The smallest absolute Gasteiger partial charge is 0.142 e. The molecular weight excluding hydrogens is 285 g/mol. The molecule has 2 aromatic carbocycles.